The Hall–Kier alpha value is -2.85. The lowest BCUT2D eigenvalue weighted by Gasteiger charge is -2.39. The highest BCUT2D eigenvalue weighted by Gasteiger charge is 2.48. The van der Waals surface area contributed by atoms with Gasteiger partial charge in [0.1, 0.15) is 36.2 Å². The van der Waals surface area contributed by atoms with Gasteiger partial charge in [0.2, 0.25) is 5.91 Å². The lowest BCUT2D eigenvalue weighted by atomic mass is 9.90. The second-order valence-electron chi connectivity index (χ2n) is 12.2. The van der Waals surface area contributed by atoms with Gasteiger partial charge in [-0.2, -0.15) is 5.26 Å². The van der Waals surface area contributed by atoms with E-state index in [0.29, 0.717) is 29.4 Å². The number of nitriles is 1. The molecule has 0 bridgehead atoms. The Bertz CT molecular complexity index is 1370. The van der Waals surface area contributed by atoms with E-state index in [1.165, 1.54) is 0 Å². The van der Waals surface area contributed by atoms with Crippen LogP contribution in [0.2, 0.25) is 5.02 Å². The second-order valence-corrected chi connectivity index (χ2v) is 12.6. The molecule has 238 valence electrons. The number of nitrogens with one attached hydrogen (secondary N) is 1. The third kappa shape index (κ3) is 7.50. The van der Waals surface area contributed by atoms with Crippen molar-refractivity contribution in [3.63, 3.8) is 0 Å². The average molecular weight is 634 g/mol. The van der Waals surface area contributed by atoms with Crippen molar-refractivity contribution in [1.82, 2.24) is 10.2 Å². The summed E-state index contributed by atoms with van der Waals surface area (Å²) in [6, 6.07) is 13.7. The van der Waals surface area contributed by atoms with Crippen molar-refractivity contribution in [2.45, 2.75) is 93.5 Å². The molecule has 44 heavy (non-hydrogen) atoms. The number of rotatable bonds is 11. The van der Waals surface area contributed by atoms with Crippen molar-refractivity contribution in [2.24, 2.45) is 0 Å². The molecule has 1 saturated carbocycles. The number of alkyl halides is 2. The molecule has 2 aromatic rings. The summed E-state index contributed by atoms with van der Waals surface area (Å²) in [4.78, 5) is 13.5. The van der Waals surface area contributed by atoms with Crippen LogP contribution in [0.1, 0.15) is 61.8 Å². The predicted octanol–water partition coefficient (Wildman–Crippen LogP) is 3.51. The first-order valence-corrected chi connectivity index (χ1v) is 15.3. The van der Waals surface area contributed by atoms with Gasteiger partial charge in [-0.15, -0.1) is 0 Å². The SMILES string of the molecule is C[C@H]1O[C@@H](c2ccc(Cl)c(Cc3ccc(OCCCC4(NCC(=O)N5CC(F)(F)C[C@H]5C#N)CC4)cc3)c2)[C@H](O)[C@@H](O)[C@@H]1O. The summed E-state index contributed by atoms with van der Waals surface area (Å²) in [7, 11) is 0. The molecule has 4 N–H and O–H groups in total. The normalized spacial score (nSPS) is 28.8. The number of hydrogen-bond acceptors (Lipinski definition) is 8. The van der Waals surface area contributed by atoms with Crippen LogP contribution >= 0.6 is 11.6 Å². The number of aliphatic hydroxyl groups excluding tert-OH is 3. The molecular weight excluding hydrogens is 596 g/mol. The minimum atomic E-state index is -3.02. The number of carbonyl (C=O) groups is 1. The Morgan fingerprint density at radius 3 is 2.57 bits per heavy atom. The minimum absolute atomic E-state index is 0.0675. The van der Waals surface area contributed by atoms with E-state index in [1.807, 2.05) is 30.3 Å². The molecule has 6 atom stereocenters. The molecule has 3 aliphatic rings. The first-order valence-electron chi connectivity index (χ1n) is 14.9. The number of halogens is 3. The number of nitrogens with zero attached hydrogens (tertiary/aromatic N) is 2. The molecule has 0 spiro atoms. The summed E-state index contributed by atoms with van der Waals surface area (Å²) in [5.74, 6) is -2.79. The van der Waals surface area contributed by atoms with Crippen LogP contribution in [0.25, 0.3) is 0 Å². The van der Waals surface area contributed by atoms with Gasteiger partial charge in [0.05, 0.1) is 31.9 Å². The fourth-order valence-corrected chi connectivity index (χ4v) is 6.17. The molecule has 12 heteroatoms. The largest absolute Gasteiger partial charge is 0.494 e. The molecule has 1 aliphatic carbocycles. The van der Waals surface area contributed by atoms with Gasteiger partial charge < -0.3 is 35.0 Å². The van der Waals surface area contributed by atoms with E-state index in [0.717, 1.165) is 41.7 Å². The Morgan fingerprint density at radius 2 is 1.89 bits per heavy atom. The van der Waals surface area contributed by atoms with Crippen molar-refractivity contribution in [3.8, 4) is 11.8 Å². The monoisotopic (exact) mass is 633 g/mol. The maximum atomic E-state index is 13.7. The lowest BCUT2D eigenvalue weighted by Crippen LogP contribution is -2.53. The maximum absolute atomic E-state index is 13.7. The minimum Gasteiger partial charge on any atom is -0.494 e. The van der Waals surface area contributed by atoms with E-state index in [4.69, 9.17) is 26.3 Å². The highest BCUT2D eigenvalue weighted by atomic mass is 35.5. The second kappa shape index (κ2) is 13.3. The van der Waals surface area contributed by atoms with Crippen molar-refractivity contribution in [1.29, 1.82) is 5.26 Å². The number of amides is 1. The molecule has 0 radical (unpaired) electrons. The molecule has 5 rings (SSSR count). The molecule has 0 aromatic heterocycles. The Balaban J connectivity index is 1.08. The summed E-state index contributed by atoms with van der Waals surface area (Å²) in [5.41, 5.74) is 2.27. The van der Waals surface area contributed by atoms with E-state index >= 15 is 0 Å². The predicted molar refractivity (Wildman–Crippen MR) is 157 cm³/mol. The van der Waals surface area contributed by atoms with Crippen LogP contribution in [0.15, 0.2) is 42.5 Å². The molecule has 1 amide bonds. The zero-order valence-corrected chi connectivity index (χ0v) is 25.2. The number of carbonyl (C=O) groups excluding carboxylic acids is 1. The van der Waals surface area contributed by atoms with Gasteiger partial charge in [-0.1, -0.05) is 35.9 Å². The van der Waals surface area contributed by atoms with E-state index in [9.17, 15) is 28.9 Å². The smallest absolute Gasteiger partial charge is 0.268 e. The van der Waals surface area contributed by atoms with Gasteiger partial charge in [-0.25, -0.2) is 8.78 Å². The van der Waals surface area contributed by atoms with Gasteiger partial charge in [0.25, 0.3) is 5.92 Å². The summed E-state index contributed by atoms with van der Waals surface area (Å²) in [6.45, 7) is 1.34. The summed E-state index contributed by atoms with van der Waals surface area (Å²) in [5, 5.41) is 43.6. The molecule has 0 unspecified atom stereocenters. The van der Waals surface area contributed by atoms with Gasteiger partial charge in [-0.3, -0.25) is 4.79 Å². The van der Waals surface area contributed by atoms with Crippen LogP contribution in [-0.2, 0) is 16.0 Å². The third-order valence-electron chi connectivity index (χ3n) is 8.84. The molecule has 2 aromatic carbocycles. The molecule has 9 nitrogen and oxygen atoms in total. The highest BCUT2D eigenvalue weighted by molar-refractivity contribution is 6.31. The van der Waals surface area contributed by atoms with Crippen LogP contribution < -0.4 is 10.1 Å². The number of benzene rings is 2. The summed E-state index contributed by atoms with van der Waals surface area (Å²) in [6.07, 6.45) is -1.99. The number of likely N-dealkylation sites (tertiary alicyclic amines) is 1. The number of ether oxygens (including phenoxy) is 2. The zero-order chi connectivity index (χ0) is 31.6. The summed E-state index contributed by atoms with van der Waals surface area (Å²) < 4.78 is 39.0. The van der Waals surface area contributed by atoms with Crippen LogP contribution in [0.4, 0.5) is 8.78 Å². The number of aliphatic hydroxyl groups is 3. The van der Waals surface area contributed by atoms with Crippen molar-refractivity contribution in [3.05, 3.63) is 64.2 Å². The van der Waals surface area contributed by atoms with Crippen LogP contribution in [0.5, 0.6) is 5.75 Å². The van der Waals surface area contributed by atoms with Crippen LogP contribution in [-0.4, -0.2) is 87.7 Å². The summed E-state index contributed by atoms with van der Waals surface area (Å²) >= 11 is 6.47. The van der Waals surface area contributed by atoms with Gasteiger partial charge in [-0.05, 0) is 73.9 Å². The van der Waals surface area contributed by atoms with Crippen molar-refractivity contribution >= 4 is 17.5 Å². The lowest BCUT2D eigenvalue weighted by molar-refractivity contribution is -0.219. The molecular formula is C32H38ClF2N3O6. The maximum Gasteiger partial charge on any atom is 0.268 e. The molecule has 3 fully saturated rings. The fourth-order valence-electron chi connectivity index (χ4n) is 5.98. The Morgan fingerprint density at radius 1 is 1.16 bits per heavy atom. The van der Waals surface area contributed by atoms with Gasteiger partial charge in [0, 0.05) is 17.0 Å². The van der Waals surface area contributed by atoms with E-state index < -0.39 is 61.4 Å². The standard InChI is InChI=1S/C32H38ClF2N3O6/c1-19-27(40)28(41)29(42)30(44-19)21-5-8-25(33)22(14-21)13-20-3-6-24(7-4-20)43-12-2-9-31(10-11-31)37-17-26(39)38-18-32(34,35)15-23(38)16-36/h3-8,14,19,23,27-30,37,40-42H,2,9-13,15,17-18H2,1H3/t19-,23+,27-,28+,29-,30+/m1/s1. The fraction of sp³-hybridized carbons (Fsp3) is 0.562. The van der Waals surface area contributed by atoms with E-state index in [-0.39, 0.29) is 12.1 Å². The topological polar surface area (TPSA) is 135 Å². The zero-order valence-electron chi connectivity index (χ0n) is 24.5. The average Bonchev–Trinajstić information content (AvgIpc) is 3.70. The van der Waals surface area contributed by atoms with Crippen LogP contribution in [0.3, 0.4) is 0 Å². The first-order chi connectivity index (χ1) is 20.9. The van der Waals surface area contributed by atoms with Gasteiger partial charge >= 0.3 is 0 Å². The van der Waals surface area contributed by atoms with Crippen molar-refractivity contribution in [2.75, 3.05) is 19.7 Å². The molecule has 2 saturated heterocycles. The Kier molecular flexibility index (Phi) is 9.80. The Labute approximate surface area is 260 Å². The third-order valence-corrected chi connectivity index (χ3v) is 9.21. The number of hydrogen-bond donors (Lipinski definition) is 4. The van der Waals surface area contributed by atoms with E-state index in [2.05, 4.69) is 5.32 Å². The van der Waals surface area contributed by atoms with Crippen LogP contribution in [0, 0.1) is 11.3 Å². The highest BCUT2D eigenvalue weighted by Crippen LogP contribution is 2.40. The first kappa shape index (κ1) is 32.5. The van der Waals surface area contributed by atoms with Gasteiger partial charge in [0.15, 0.2) is 0 Å². The molecule has 2 aliphatic heterocycles. The van der Waals surface area contributed by atoms with E-state index in [1.54, 1.807) is 25.1 Å². The quantitative estimate of drug-likeness (QED) is 0.276. The van der Waals surface area contributed by atoms with Crippen molar-refractivity contribution < 1.29 is 38.4 Å². The molecule has 2 heterocycles.